The van der Waals surface area contributed by atoms with Crippen LogP contribution in [0, 0.1) is 11.3 Å². The quantitative estimate of drug-likeness (QED) is 0.671. The van der Waals surface area contributed by atoms with Crippen LogP contribution in [0.25, 0.3) is 21.9 Å². The highest BCUT2D eigenvalue weighted by molar-refractivity contribution is 7.93. The first-order chi connectivity index (χ1) is 14.0. The number of benzene rings is 2. The lowest BCUT2D eigenvalue weighted by Gasteiger charge is -2.26. The van der Waals surface area contributed by atoms with Crippen LogP contribution in [0.3, 0.4) is 0 Å². The summed E-state index contributed by atoms with van der Waals surface area (Å²) in [6.45, 7) is 0. The third-order valence-electron chi connectivity index (χ3n) is 5.43. The number of aromatic nitrogens is 1. The van der Waals surface area contributed by atoms with Gasteiger partial charge in [-0.2, -0.15) is 5.26 Å². The molecule has 1 heterocycles. The molecular weight excluding hydrogens is 389 g/mol. The van der Waals surface area contributed by atoms with Crippen molar-refractivity contribution < 1.29 is 12.8 Å². The van der Waals surface area contributed by atoms with E-state index in [-0.39, 0.29) is 6.42 Å². The summed E-state index contributed by atoms with van der Waals surface area (Å²) >= 11 is 0. The second-order valence-electron chi connectivity index (χ2n) is 7.23. The molecule has 0 amide bonds. The fourth-order valence-electron chi connectivity index (χ4n) is 3.96. The van der Waals surface area contributed by atoms with Gasteiger partial charge in [0.15, 0.2) is 0 Å². The van der Waals surface area contributed by atoms with Crippen molar-refractivity contribution in [3.05, 3.63) is 60.4 Å². The fourth-order valence-corrected chi connectivity index (χ4v) is 5.60. The first-order valence-electron chi connectivity index (χ1n) is 9.53. The molecule has 5 nitrogen and oxygen atoms in total. The third-order valence-corrected chi connectivity index (χ3v) is 7.26. The monoisotopic (exact) mass is 409 g/mol. The number of halogens is 1. The number of fused-ring (bicyclic) bond motifs is 1. The number of pyridine rings is 1. The number of hydrogen-bond acceptors (Lipinski definition) is 4. The Morgan fingerprint density at radius 3 is 2.55 bits per heavy atom. The van der Waals surface area contributed by atoms with Gasteiger partial charge in [-0.3, -0.25) is 9.71 Å². The highest BCUT2D eigenvalue weighted by atomic mass is 32.2. The second-order valence-corrected chi connectivity index (χ2v) is 9.12. The van der Waals surface area contributed by atoms with Crippen molar-refractivity contribution in [2.24, 2.45) is 0 Å². The van der Waals surface area contributed by atoms with Crippen molar-refractivity contribution in [2.45, 2.75) is 37.1 Å². The van der Waals surface area contributed by atoms with Crippen molar-refractivity contribution in [3.8, 4) is 17.2 Å². The van der Waals surface area contributed by atoms with Crippen molar-refractivity contribution in [3.63, 3.8) is 0 Å². The number of sulfonamides is 1. The molecule has 1 fully saturated rings. The van der Waals surface area contributed by atoms with E-state index in [4.69, 9.17) is 0 Å². The van der Waals surface area contributed by atoms with Gasteiger partial charge >= 0.3 is 0 Å². The Hall–Kier alpha value is -2.98. The first kappa shape index (κ1) is 19.3. The van der Waals surface area contributed by atoms with E-state index in [9.17, 15) is 18.1 Å². The molecule has 4 rings (SSSR count). The summed E-state index contributed by atoms with van der Waals surface area (Å²) in [5, 5.41) is 9.94. The lowest BCUT2D eigenvalue weighted by molar-refractivity contribution is 0.253. The van der Waals surface area contributed by atoms with Gasteiger partial charge in [-0.25, -0.2) is 12.8 Å². The molecule has 0 aliphatic heterocycles. The van der Waals surface area contributed by atoms with Crippen LogP contribution in [0.1, 0.15) is 31.2 Å². The molecule has 1 N–H and O–H groups in total. The zero-order valence-corrected chi connectivity index (χ0v) is 16.5. The van der Waals surface area contributed by atoms with E-state index in [1.807, 2.05) is 24.3 Å². The molecule has 2 atom stereocenters. The van der Waals surface area contributed by atoms with Crippen LogP contribution in [0.5, 0.6) is 0 Å². The minimum absolute atomic E-state index is 0.273. The Bertz CT molecular complexity index is 1200. The predicted octanol–water partition coefficient (Wildman–Crippen LogP) is 4.80. The summed E-state index contributed by atoms with van der Waals surface area (Å²) in [5.74, 6) is 0. The predicted molar refractivity (Wildman–Crippen MR) is 112 cm³/mol. The Kier molecular flexibility index (Phi) is 5.20. The molecule has 0 spiro atoms. The van der Waals surface area contributed by atoms with Gasteiger partial charge in [0.05, 0.1) is 17.3 Å². The Balaban J connectivity index is 1.79. The molecule has 1 aliphatic rings. The molecule has 148 valence electrons. The minimum Gasteiger partial charge on any atom is -0.282 e. The number of nitriles is 1. The van der Waals surface area contributed by atoms with Crippen LogP contribution in [0.2, 0.25) is 0 Å². The third kappa shape index (κ3) is 3.68. The van der Waals surface area contributed by atoms with E-state index in [0.717, 1.165) is 16.3 Å². The molecule has 1 saturated carbocycles. The van der Waals surface area contributed by atoms with Crippen LogP contribution in [-0.4, -0.2) is 24.8 Å². The molecule has 0 saturated heterocycles. The number of nitrogens with zero attached hydrogens (tertiary/aromatic N) is 2. The van der Waals surface area contributed by atoms with Gasteiger partial charge in [0, 0.05) is 23.3 Å². The molecule has 1 aromatic heterocycles. The van der Waals surface area contributed by atoms with Gasteiger partial charge < -0.3 is 0 Å². The Morgan fingerprint density at radius 2 is 1.79 bits per heavy atom. The van der Waals surface area contributed by atoms with Gasteiger partial charge in [-0.05, 0) is 35.9 Å². The summed E-state index contributed by atoms with van der Waals surface area (Å²) in [5.41, 5.74) is 2.24. The normalized spacial score (nSPS) is 19.6. The van der Waals surface area contributed by atoms with Crippen LogP contribution in [0.4, 0.5) is 10.1 Å². The number of alkyl halides is 1. The molecule has 2 aromatic carbocycles. The maximum absolute atomic E-state index is 14.3. The maximum Gasteiger partial charge on any atom is 0.238 e. The standard InChI is InChI=1S/C22H20FN3O2S/c23-20-7-3-4-8-22(20)29(27,28)26-21-11-12-25-14-19(21)18-10-9-15(13-24)16-5-1-2-6-17(16)18/h1-2,5-6,9-12,14,20,22H,3-4,7-8H2,(H,25,26). The maximum atomic E-state index is 14.3. The van der Waals surface area contributed by atoms with Gasteiger partial charge in [-0.1, -0.05) is 43.2 Å². The SMILES string of the molecule is N#Cc1ccc(-c2cnccc2NS(=O)(=O)C2CCCCC2F)c2ccccc12. The van der Waals surface area contributed by atoms with E-state index in [1.165, 1.54) is 6.20 Å². The summed E-state index contributed by atoms with van der Waals surface area (Å²) in [6, 6.07) is 14.7. The molecule has 29 heavy (non-hydrogen) atoms. The van der Waals surface area contributed by atoms with E-state index >= 15 is 0 Å². The van der Waals surface area contributed by atoms with Crippen LogP contribution in [0.15, 0.2) is 54.9 Å². The molecule has 0 bridgehead atoms. The summed E-state index contributed by atoms with van der Waals surface area (Å²) in [4.78, 5) is 4.15. The minimum atomic E-state index is -3.89. The molecule has 0 radical (unpaired) electrons. The smallest absolute Gasteiger partial charge is 0.238 e. The topological polar surface area (TPSA) is 82.8 Å². The van der Waals surface area contributed by atoms with Gasteiger partial charge in [0.25, 0.3) is 0 Å². The molecule has 3 aromatic rings. The number of hydrogen-bond donors (Lipinski definition) is 1. The van der Waals surface area contributed by atoms with Crippen LogP contribution in [-0.2, 0) is 10.0 Å². The van der Waals surface area contributed by atoms with Crippen LogP contribution < -0.4 is 4.72 Å². The average Bonchev–Trinajstić information content (AvgIpc) is 2.73. The van der Waals surface area contributed by atoms with E-state index in [1.54, 1.807) is 24.4 Å². The van der Waals surface area contributed by atoms with Crippen molar-refractivity contribution in [1.29, 1.82) is 5.26 Å². The van der Waals surface area contributed by atoms with Crippen molar-refractivity contribution in [2.75, 3.05) is 4.72 Å². The summed E-state index contributed by atoms with van der Waals surface area (Å²) in [7, 11) is -3.89. The second kappa shape index (κ2) is 7.80. The summed E-state index contributed by atoms with van der Waals surface area (Å²) in [6.07, 6.45) is 3.73. The summed E-state index contributed by atoms with van der Waals surface area (Å²) < 4.78 is 42.7. The number of rotatable bonds is 4. The van der Waals surface area contributed by atoms with E-state index in [0.29, 0.717) is 36.1 Å². The highest BCUT2D eigenvalue weighted by Gasteiger charge is 2.36. The van der Waals surface area contributed by atoms with Gasteiger partial charge in [-0.15, -0.1) is 0 Å². The van der Waals surface area contributed by atoms with Crippen LogP contribution >= 0.6 is 0 Å². The molecular formula is C22H20FN3O2S. The van der Waals surface area contributed by atoms with Crippen molar-refractivity contribution in [1.82, 2.24) is 4.98 Å². The lowest BCUT2D eigenvalue weighted by Crippen LogP contribution is -2.38. The van der Waals surface area contributed by atoms with Gasteiger partial charge in [0.2, 0.25) is 10.0 Å². The number of nitrogens with one attached hydrogen (secondary N) is 1. The molecule has 2 unspecified atom stereocenters. The average molecular weight is 409 g/mol. The highest BCUT2D eigenvalue weighted by Crippen LogP contribution is 2.36. The van der Waals surface area contributed by atoms with E-state index < -0.39 is 21.4 Å². The van der Waals surface area contributed by atoms with Gasteiger partial charge in [0.1, 0.15) is 11.4 Å². The number of anilines is 1. The lowest BCUT2D eigenvalue weighted by atomic mass is 9.95. The largest absolute Gasteiger partial charge is 0.282 e. The zero-order chi connectivity index (χ0) is 20.4. The Labute approximate surface area is 169 Å². The van der Waals surface area contributed by atoms with Crippen molar-refractivity contribution >= 4 is 26.5 Å². The zero-order valence-electron chi connectivity index (χ0n) is 15.7. The molecule has 7 heteroatoms. The van der Waals surface area contributed by atoms with E-state index in [2.05, 4.69) is 15.8 Å². The molecule has 1 aliphatic carbocycles. The fraction of sp³-hybridized carbons (Fsp3) is 0.273. The first-order valence-corrected chi connectivity index (χ1v) is 11.1. The Morgan fingerprint density at radius 1 is 1.03 bits per heavy atom.